The monoisotopic (exact) mass is 91.1 g/mol. The van der Waals surface area contributed by atoms with Crippen LogP contribution >= 0.6 is 0 Å². The van der Waals surface area contributed by atoms with E-state index in [9.17, 15) is 0 Å². The Bertz CT molecular complexity index is 30.0. The van der Waals surface area contributed by atoms with Crippen molar-refractivity contribution in [2.45, 2.75) is 13.2 Å². The Kier molecular flexibility index (Phi) is 3.02. The van der Waals surface area contributed by atoms with Crippen LogP contribution in [-0.2, 0) is 4.74 Å². The van der Waals surface area contributed by atoms with Crippen LogP contribution in [0.25, 0.3) is 0 Å². The lowest BCUT2D eigenvalue weighted by Gasteiger charge is -1.99. The first kappa shape index (κ1) is 5.88. The molecule has 0 spiro atoms. The summed E-state index contributed by atoms with van der Waals surface area (Å²) in [7, 11) is 0. The molecule has 0 aromatic rings. The normalized spacial score (nSPS) is 14.5. The van der Waals surface area contributed by atoms with E-state index < -0.39 is 6.29 Å². The lowest BCUT2D eigenvalue weighted by molar-refractivity contribution is -0.0826. The zero-order chi connectivity index (χ0) is 4.99. The van der Waals surface area contributed by atoms with E-state index in [0.29, 0.717) is 0 Å². The lowest BCUT2D eigenvalue weighted by Crippen LogP contribution is -2.12. The molecule has 0 aromatic heterocycles. The second-order valence-corrected chi connectivity index (χ2v) is 0.933. The molecule has 0 fully saturated rings. The number of nitrogens with two attached hydrogens (primary N) is 1. The molecule has 3 nitrogen and oxygen atoms in total. The third-order valence-corrected chi connectivity index (χ3v) is 0.337. The van der Waals surface area contributed by atoms with Crippen molar-refractivity contribution in [3.05, 3.63) is 0 Å². The molecule has 0 amide bonds. The second kappa shape index (κ2) is 3.08. The van der Waals surface area contributed by atoms with Crippen molar-refractivity contribution in [1.29, 1.82) is 0 Å². The maximum Gasteiger partial charge on any atom is 0.153 e. The molecular weight excluding hydrogens is 82.0 g/mol. The molecule has 0 heterocycles. The van der Waals surface area contributed by atoms with Crippen LogP contribution in [0.5, 0.6) is 0 Å². The van der Waals surface area contributed by atoms with Crippen molar-refractivity contribution in [2.24, 2.45) is 5.73 Å². The van der Waals surface area contributed by atoms with Crippen molar-refractivity contribution in [2.75, 3.05) is 6.73 Å². The minimum atomic E-state index is -0.727. The summed E-state index contributed by atoms with van der Waals surface area (Å²) in [6, 6.07) is 0. The third kappa shape index (κ3) is 3.88. The molecule has 3 heteroatoms. The van der Waals surface area contributed by atoms with E-state index in [0.717, 1.165) is 0 Å². The van der Waals surface area contributed by atoms with Gasteiger partial charge in [-0.1, -0.05) is 0 Å². The van der Waals surface area contributed by atoms with Gasteiger partial charge in [0, 0.05) is 0 Å². The van der Waals surface area contributed by atoms with Gasteiger partial charge in [0.05, 0.1) is 6.73 Å². The minimum Gasteiger partial charge on any atom is -0.368 e. The fourth-order valence-electron chi connectivity index (χ4n) is 0.139. The molecule has 38 valence electrons. The molecular formula is C3H9NO2. The van der Waals surface area contributed by atoms with Crippen LogP contribution in [0.3, 0.4) is 0 Å². The van der Waals surface area contributed by atoms with E-state index in [1.165, 1.54) is 6.92 Å². The predicted octanol–water partition coefficient (Wildman–Crippen LogP) is -0.743. The molecule has 6 heavy (non-hydrogen) atoms. The van der Waals surface area contributed by atoms with Crippen LogP contribution < -0.4 is 5.73 Å². The highest BCUT2D eigenvalue weighted by Crippen LogP contribution is 1.75. The first-order valence-corrected chi connectivity index (χ1v) is 1.77. The number of ether oxygens (including phenoxy) is 1. The summed E-state index contributed by atoms with van der Waals surface area (Å²) in [5, 5.41) is 8.25. The Morgan fingerprint density at radius 3 is 2.50 bits per heavy atom. The van der Waals surface area contributed by atoms with Gasteiger partial charge in [-0.3, -0.25) is 0 Å². The molecule has 0 aliphatic heterocycles. The first-order valence-electron chi connectivity index (χ1n) is 1.77. The average molecular weight is 91.1 g/mol. The van der Waals surface area contributed by atoms with Gasteiger partial charge in [0.1, 0.15) is 0 Å². The van der Waals surface area contributed by atoms with Gasteiger partial charge in [-0.25, -0.2) is 0 Å². The van der Waals surface area contributed by atoms with Gasteiger partial charge in [-0.15, -0.1) is 0 Å². The molecule has 0 saturated heterocycles. The Morgan fingerprint density at radius 1 is 2.00 bits per heavy atom. The molecule has 1 atom stereocenters. The molecule has 0 aliphatic rings. The summed E-state index contributed by atoms with van der Waals surface area (Å²) in [5.74, 6) is 0. The summed E-state index contributed by atoms with van der Waals surface area (Å²) >= 11 is 0. The summed E-state index contributed by atoms with van der Waals surface area (Å²) < 4.78 is 4.38. The van der Waals surface area contributed by atoms with Gasteiger partial charge in [0.25, 0.3) is 0 Å². The maximum atomic E-state index is 8.25. The standard InChI is InChI=1S/C3H9NO2/c1-3(5)6-2-4/h3,5H,2,4H2,1H3. The Hall–Kier alpha value is -0.120. The van der Waals surface area contributed by atoms with Gasteiger partial charge in [0.2, 0.25) is 0 Å². The van der Waals surface area contributed by atoms with Gasteiger partial charge in [-0.2, -0.15) is 0 Å². The van der Waals surface area contributed by atoms with E-state index in [1.807, 2.05) is 0 Å². The number of aliphatic hydroxyl groups excluding tert-OH is 1. The van der Waals surface area contributed by atoms with Gasteiger partial charge < -0.3 is 15.6 Å². The fraction of sp³-hybridized carbons (Fsp3) is 1.00. The van der Waals surface area contributed by atoms with Crippen LogP contribution in [0.4, 0.5) is 0 Å². The molecule has 0 rings (SSSR count). The summed E-state index contributed by atoms with van der Waals surface area (Å²) in [6.07, 6.45) is -0.727. The lowest BCUT2D eigenvalue weighted by atomic mass is 10.8. The molecule has 0 radical (unpaired) electrons. The molecule has 1 unspecified atom stereocenters. The van der Waals surface area contributed by atoms with Crippen LogP contribution in [0.2, 0.25) is 0 Å². The van der Waals surface area contributed by atoms with Crippen molar-refractivity contribution < 1.29 is 9.84 Å². The highest BCUT2D eigenvalue weighted by molar-refractivity contribution is 4.16. The predicted molar refractivity (Wildman–Crippen MR) is 21.8 cm³/mol. The van der Waals surface area contributed by atoms with Crippen molar-refractivity contribution in [3.8, 4) is 0 Å². The highest BCUT2D eigenvalue weighted by Gasteiger charge is 1.85. The Balaban J connectivity index is 2.63. The highest BCUT2D eigenvalue weighted by atomic mass is 16.6. The van der Waals surface area contributed by atoms with E-state index in [4.69, 9.17) is 10.8 Å². The van der Waals surface area contributed by atoms with Gasteiger partial charge in [0.15, 0.2) is 6.29 Å². The van der Waals surface area contributed by atoms with Crippen molar-refractivity contribution in [1.82, 2.24) is 0 Å². The van der Waals surface area contributed by atoms with E-state index >= 15 is 0 Å². The van der Waals surface area contributed by atoms with E-state index in [1.54, 1.807) is 0 Å². The summed E-state index contributed by atoms with van der Waals surface area (Å²) in [5.41, 5.74) is 4.85. The van der Waals surface area contributed by atoms with Crippen LogP contribution in [0.15, 0.2) is 0 Å². The number of hydrogen-bond acceptors (Lipinski definition) is 3. The van der Waals surface area contributed by atoms with Gasteiger partial charge >= 0.3 is 0 Å². The molecule has 0 bridgehead atoms. The number of aliphatic hydroxyl groups is 1. The zero-order valence-corrected chi connectivity index (χ0v) is 3.72. The minimum absolute atomic E-state index is 0.0810. The molecule has 3 N–H and O–H groups in total. The maximum absolute atomic E-state index is 8.25. The Labute approximate surface area is 36.7 Å². The smallest absolute Gasteiger partial charge is 0.153 e. The van der Waals surface area contributed by atoms with Crippen LogP contribution in [-0.4, -0.2) is 18.1 Å². The second-order valence-electron chi connectivity index (χ2n) is 0.933. The topological polar surface area (TPSA) is 55.5 Å². The zero-order valence-electron chi connectivity index (χ0n) is 3.72. The fourth-order valence-corrected chi connectivity index (χ4v) is 0.139. The molecule has 0 aliphatic carbocycles. The largest absolute Gasteiger partial charge is 0.368 e. The summed E-state index contributed by atoms with van der Waals surface area (Å²) in [4.78, 5) is 0. The number of hydrogen-bond donors (Lipinski definition) is 2. The Morgan fingerprint density at radius 2 is 2.50 bits per heavy atom. The average Bonchev–Trinajstić information content (AvgIpc) is 1.35. The van der Waals surface area contributed by atoms with E-state index in [-0.39, 0.29) is 6.73 Å². The first-order chi connectivity index (χ1) is 2.77. The van der Waals surface area contributed by atoms with Gasteiger partial charge in [-0.05, 0) is 6.92 Å². The quantitative estimate of drug-likeness (QED) is 0.440. The molecule has 0 saturated carbocycles. The van der Waals surface area contributed by atoms with Crippen LogP contribution in [0, 0.1) is 0 Å². The van der Waals surface area contributed by atoms with E-state index in [2.05, 4.69) is 4.74 Å². The van der Waals surface area contributed by atoms with Crippen molar-refractivity contribution >= 4 is 0 Å². The number of rotatable bonds is 2. The third-order valence-electron chi connectivity index (χ3n) is 0.337. The van der Waals surface area contributed by atoms with Crippen LogP contribution in [0.1, 0.15) is 6.92 Å². The van der Waals surface area contributed by atoms with Crippen molar-refractivity contribution in [3.63, 3.8) is 0 Å². The SMILES string of the molecule is CC(O)OCN. The summed E-state index contributed by atoms with van der Waals surface area (Å²) in [6.45, 7) is 1.59. The molecule has 0 aromatic carbocycles.